The third-order valence-electron chi connectivity index (χ3n) is 7.68. The van der Waals surface area contributed by atoms with Crippen LogP contribution in [-0.2, 0) is 0 Å². The molecule has 0 radical (unpaired) electrons. The van der Waals surface area contributed by atoms with E-state index in [1.54, 1.807) is 14.2 Å². The van der Waals surface area contributed by atoms with E-state index >= 15 is 0 Å². The summed E-state index contributed by atoms with van der Waals surface area (Å²) in [5.41, 5.74) is 4.08. The van der Waals surface area contributed by atoms with E-state index in [1.807, 2.05) is 6.07 Å². The van der Waals surface area contributed by atoms with Crippen molar-refractivity contribution in [3.05, 3.63) is 59.8 Å². The average Bonchev–Trinajstić information content (AvgIpc) is 3.27. The lowest BCUT2D eigenvalue weighted by atomic mass is 9.80. The van der Waals surface area contributed by atoms with Gasteiger partial charge in [0.15, 0.2) is 0 Å². The molecule has 4 heteroatoms. The number of hydrogen-bond donors (Lipinski definition) is 1. The van der Waals surface area contributed by atoms with E-state index in [0.29, 0.717) is 11.8 Å². The minimum Gasteiger partial charge on any atom is -0.497 e. The summed E-state index contributed by atoms with van der Waals surface area (Å²) in [6, 6.07) is 15.7. The first-order valence-electron chi connectivity index (χ1n) is 11.8. The van der Waals surface area contributed by atoms with Crippen LogP contribution in [0, 0.1) is 0 Å². The largest absolute Gasteiger partial charge is 0.497 e. The number of likely N-dealkylation sites (tertiary alicyclic amines) is 1. The van der Waals surface area contributed by atoms with Crippen molar-refractivity contribution in [3.63, 3.8) is 0 Å². The van der Waals surface area contributed by atoms with Crippen LogP contribution in [0.2, 0.25) is 0 Å². The maximum atomic E-state index is 5.61. The number of rotatable bonds is 5. The summed E-state index contributed by atoms with van der Waals surface area (Å²) in [6.07, 6.45) is 9.88. The normalized spacial score (nSPS) is 23.2. The van der Waals surface area contributed by atoms with Gasteiger partial charge in [0.25, 0.3) is 0 Å². The first-order valence-corrected chi connectivity index (χ1v) is 11.8. The summed E-state index contributed by atoms with van der Waals surface area (Å²) >= 11 is 0. The second kappa shape index (κ2) is 8.96. The molecule has 0 bridgehead atoms. The average molecular weight is 419 g/mol. The highest BCUT2D eigenvalue weighted by Crippen LogP contribution is 2.41. The molecule has 1 aliphatic carbocycles. The minimum atomic E-state index is 0.630. The van der Waals surface area contributed by atoms with Gasteiger partial charge in [-0.15, -0.1) is 0 Å². The number of H-pyrrole nitrogens is 1. The molecule has 0 unspecified atom stereocenters. The number of hydrogen-bond acceptors (Lipinski definition) is 3. The second-order valence-corrected chi connectivity index (χ2v) is 9.21. The fourth-order valence-electron chi connectivity index (χ4n) is 5.92. The molecule has 1 aliphatic heterocycles. The first kappa shape index (κ1) is 20.4. The Bertz CT molecular complexity index is 1010. The molecule has 0 amide bonds. The summed E-state index contributed by atoms with van der Waals surface area (Å²) in [5, 5.41) is 1.33. The summed E-state index contributed by atoms with van der Waals surface area (Å²) in [6.45, 7) is 2.42. The van der Waals surface area contributed by atoms with E-state index in [2.05, 4.69) is 52.5 Å². The summed E-state index contributed by atoms with van der Waals surface area (Å²) in [7, 11) is 3.53. The topological polar surface area (TPSA) is 37.5 Å². The lowest BCUT2D eigenvalue weighted by molar-refractivity contribution is 0.116. The zero-order chi connectivity index (χ0) is 21.2. The molecule has 2 aliphatic rings. The van der Waals surface area contributed by atoms with Gasteiger partial charge in [-0.2, -0.15) is 0 Å². The maximum absolute atomic E-state index is 5.61. The Kier molecular flexibility index (Phi) is 5.91. The minimum absolute atomic E-state index is 0.630. The number of aromatic nitrogens is 1. The number of aromatic amines is 1. The van der Waals surface area contributed by atoms with Crippen LogP contribution < -0.4 is 9.47 Å². The SMILES string of the molecule is COc1ccc2[nH]cc(C3CCC(N4CCC(c5ccccc5OC)CC4)CC3)c2c1. The predicted molar refractivity (Wildman–Crippen MR) is 126 cm³/mol. The van der Waals surface area contributed by atoms with E-state index in [0.717, 1.165) is 17.5 Å². The second-order valence-electron chi connectivity index (χ2n) is 9.21. The molecular formula is C27H34N2O2. The molecule has 3 aromatic rings. The highest BCUT2D eigenvalue weighted by Gasteiger charge is 2.31. The molecule has 2 heterocycles. The number of nitrogens with zero attached hydrogens (tertiary/aromatic N) is 1. The molecule has 1 saturated carbocycles. The van der Waals surface area contributed by atoms with Gasteiger partial charge in [-0.3, -0.25) is 0 Å². The summed E-state index contributed by atoms with van der Waals surface area (Å²) in [5.74, 6) is 3.28. The summed E-state index contributed by atoms with van der Waals surface area (Å²) in [4.78, 5) is 6.23. The molecule has 1 saturated heterocycles. The molecule has 2 fully saturated rings. The van der Waals surface area contributed by atoms with Crippen molar-refractivity contribution in [3.8, 4) is 11.5 Å². The van der Waals surface area contributed by atoms with Crippen molar-refractivity contribution in [1.82, 2.24) is 9.88 Å². The quantitative estimate of drug-likeness (QED) is 0.545. The van der Waals surface area contributed by atoms with E-state index < -0.39 is 0 Å². The number of nitrogens with one attached hydrogen (secondary N) is 1. The van der Waals surface area contributed by atoms with Gasteiger partial charge in [0.2, 0.25) is 0 Å². The van der Waals surface area contributed by atoms with Gasteiger partial charge in [0.1, 0.15) is 11.5 Å². The van der Waals surface area contributed by atoms with Crippen molar-refractivity contribution >= 4 is 10.9 Å². The van der Waals surface area contributed by atoms with Crippen molar-refractivity contribution in [2.24, 2.45) is 0 Å². The Labute approximate surface area is 185 Å². The van der Waals surface area contributed by atoms with Crippen LogP contribution in [0.1, 0.15) is 61.5 Å². The number of benzene rings is 2. The molecule has 1 aromatic heterocycles. The van der Waals surface area contributed by atoms with Gasteiger partial charge in [0, 0.05) is 23.1 Å². The van der Waals surface area contributed by atoms with Crippen molar-refractivity contribution in [2.45, 2.75) is 56.4 Å². The van der Waals surface area contributed by atoms with Crippen molar-refractivity contribution < 1.29 is 9.47 Å². The van der Waals surface area contributed by atoms with Crippen LogP contribution in [0.4, 0.5) is 0 Å². The predicted octanol–water partition coefficient (Wildman–Crippen LogP) is 6.09. The Morgan fingerprint density at radius 1 is 0.806 bits per heavy atom. The van der Waals surface area contributed by atoms with E-state index in [4.69, 9.17) is 9.47 Å². The number of para-hydroxylation sites is 1. The Hall–Kier alpha value is -2.46. The van der Waals surface area contributed by atoms with E-state index in [-0.39, 0.29) is 0 Å². The fraction of sp³-hybridized carbons (Fsp3) is 0.481. The van der Waals surface area contributed by atoms with Crippen LogP contribution in [-0.4, -0.2) is 43.2 Å². The lowest BCUT2D eigenvalue weighted by Gasteiger charge is -2.41. The zero-order valence-corrected chi connectivity index (χ0v) is 18.8. The fourth-order valence-corrected chi connectivity index (χ4v) is 5.92. The Balaban J connectivity index is 1.19. The molecule has 0 atom stereocenters. The molecule has 2 aromatic carbocycles. The molecule has 1 N–H and O–H groups in total. The number of methoxy groups -OCH3 is 2. The Morgan fingerprint density at radius 3 is 2.29 bits per heavy atom. The van der Waals surface area contributed by atoms with Crippen LogP contribution in [0.5, 0.6) is 11.5 Å². The van der Waals surface area contributed by atoms with Crippen LogP contribution in [0.25, 0.3) is 10.9 Å². The number of piperidine rings is 1. The van der Waals surface area contributed by atoms with Gasteiger partial charge in [-0.25, -0.2) is 0 Å². The van der Waals surface area contributed by atoms with Crippen LogP contribution >= 0.6 is 0 Å². The molecular weight excluding hydrogens is 384 g/mol. The third kappa shape index (κ3) is 4.06. The Morgan fingerprint density at radius 2 is 1.55 bits per heavy atom. The van der Waals surface area contributed by atoms with E-state index in [1.165, 1.54) is 73.6 Å². The standard InChI is InChI=1S/C27H34N2O2/c1-30-22-11-12-26-24(17-22)25(18-28-26)19-7-9-21(10-8-19)29-15-13-20(14-16-29)23-5-3-4-6-27(23)31-2/h3-6,11-12,17-21,28H,7-10,13-16H2,1-2H3. The van der Waals surface area contributed by atoms with Crippen LogP contribution in [0.3, 0.4) is 0 Å². The maximum Gasteiger partial charge on any atom is 0.122 e. The third-order valence-corrected chi connectivity index (χ3v) is 7.68. The molecule has 5 rings (SSSR count). The lowest BCUT2D eigenvalue weighted by Crippen LogP contribution is -2.42. The summed E-state index contributed by atoms with van der Waals surface area (Å²) < 4.78 is 11.1. The van der Waals surface area contributed by atoms with Gasteiger partial charge < -0.3 is 19.4 Å². The van der Waals surface area contributed by atoms with Gasteiger partial charge in [-0.05, 0) is 98.8 Å². The number of fused-ring (bicyclic) bond motifs is 1. The van der Waals surface area contributed by atoms with Gasteiger partial charge in [0.05, 0.1) is 14.2 Å². The van der Waals surface area contributed by atoms with E-state index in [9.17, 15) is 0 Å². The zero-order valence-electron chi connectivity index (χ0n) is 18.8. The number of ether oxygens (including phenoxy) is 2. The highest BCUT2D eigenvalue weighted by atomic mass is 16.5. The molecule has 31 heavy (non-hydrogen) atoms. The first-order chi connectivity index (χ1) is 15.3. The van der Waals surface area contributed by atoms with Crippen LogP contribution in [0.15, 0.2) is 48.7 Å². The van der Waals surface area contributed by atoms with Gasteiger partial charge >= 0.3 is 0 Å². The highest BCUT2D eigenvalue weighted by molar-refractivity contribution is 5.85. The molecule has 0 spiro atoms. The molecule has 164 valence electrons. The van der Waals surface area contributed by atoms with Crippen molar-refractivity contribution in [2.75, 3.05) is 27.3 Å². The monoisotopic (exact) mass is 418 g/mol. The molecule has 4 nitrogen and oxygen atoms in total. The van der Waals surface area contributed by atoms with Gasteiger partial charge in [-0.1, -0.05) is 18.2 Å². The van der Waals surface area contributed by atoms with Crippen molar-refractivity contribution in [1.29, 1.82) is 0 Å². The smallest absolute Gasteiger partial charge is 0.122 e.